The molecule has 0 unspecified atom stereocenters. The van der Waals surface area contributed by atoms with Crippen molar-refractivity contribution in [2.24, 2.45) is 0 Å². The SMILES string of the molecule is C=C/C=C\C=C/C.CN(c1cccc(-c2ccccc2)c1)c1ccc(-c2ccc(N(c3ccc4ccccc4c3)c3ccc4c(c3)oc3ccccc34)cc2)cc1-c1ccc2c(ccc3c4ccccc4oc23)c1. The summed E-state index contributed by atoms with van der Waals surface area (Å²) >= 11 is 0. The van der Waals surface area contributed by atoms with Crippen molar-refractivity contribution in [1.29, 1.82) is 0 Å². The Hall–Kier alpha value is -9.64. The number of furan rings is 2. The molecule has 2 aromatic heterocycles. The quantitative estimate of drug-likeness (QED) is 0.128. The van der Waals surface area contributed by atoms with Crippen molar-refractivity contribution < 1.29 is 8.83 Å². The summed E-state index contributed by atoms with van der Waals surface area (Å²) in [7, 11) is 2.17. The van der Waals surface area contributed by atoms with Crippen LogP contribution in [0.4, 0.5) is 28.4 Å². The van der Waals surface area contributed by atoms with Crippen LogP contribution in [0.25, 0.3) is 98.8 Å². The van der Waals surface area contributed by atoms with Crippen molar-refractivity contribution in [2.75, 3.05) is 16.8 Å². The van der Waals surface area contributed by atoms with E-state index in [2.05, 4.69) is 236 Å². The number of hydrogen-bond donors (Lipinski definition) is 0. The first-order valence-electron chi connectivity index (χ1n) is 25.1. The van der Waals surface area contributed by atoms with Crippen LogP contribution in [0.5, 0.6) is 0 Å². The predicted molar refractivity (Wildman–Crippen MR) is 316 cm³/mol. The molecule has 13 rings (SSSR count). The first-order valence-corrected chi connectivity index (χ1v) is 25.1. The molecule has 4 heteroatoms. The van der Waals surface area contributed by atoms with Crippen LogP contribution in [0.2, 0.25) is 0 Å². The Labute approximate surface area is 431 Å². The molecule has 0 bridgehead atoms. The summed E-state index contributed by atoms with van der Waals surface area (Å²) in [6, 6.07) is 84.7. The second kappa shape index (κ2) is 19.9. The summed E-state index contributed by atoms with van der Waals surface area (Å²) in [5.41, 5.74) is 15.8. The van der Waals surface area contributed by atoms with Gasteiger partial charge in [0.25, 0.3) is 0 Å². The largest absolute Gasteiger partial charge is 0.456 e. The molecule has 74 heavy (non-hydrogen) atoms. The molecule has 0 atom stereocenters. The van der Waals surface area contributed by atoms with Crippen LogP contribution in [0.3, 0.4) is 0 Å². The van der Waals surface area contributed by atoms with Crippen molar-refractivity contribution in [3.8, 4) is 33.4 Å². The average molecular weight is 953 g/mol. The van der Waals surface area contributed by atoms with Crippen molar-refractivity contribution >= 4 is 93.9 Å². The summed E-state index contributed by atoms with van der Waals surface area (Å²) < 4.78 is 12.9. The summed E-state index contributed by atoms with van der Waals surface area (Å²) in [6.07, 6.45) is 9.51. The zero-order chi connectivity index (χ0) is 50.0. The van der Waals surface area contributed by atoms with E-state index in [9.17, 15) is 0 Å². The van der Waals surface area contributed by atoms with E-state index >= 15 is 0 Å². The molecule has 0 amide bonds. The Balaban J connectivity index is 0.000000744. The fourth-order valence-electron chi connectivity index (χ4n) is 10.3. The van der Waals surface area contributed by atoms with E-state index in [-0.39, 0.29) is 0 Å². The highest BCUT2D eigenvalue weighted by molar-refractivity contribution is 6.15. The fourth-order valence-corrected chi connectivity index (χ4v) is 10.3. The van der Waals surface area contributed by atoms with Gasteiger partial charge in [-0.1, -0.05) is 176 Å². The molecule has 13 aromatic rings. The van der Waals surface area contributed by atoms with Crippen molar-refractivity contribution in [1.82, 2.24) is 0 Å². The van der Waals surface area contributed by atoms with Gasteiger partial charge in [0.1, 0.15) is 22.3 Å². The van der Waals surface area contributed by atoms with Crippen LogP contribution < -0.4 is 9.80 Å². The highest BCUT2D eigenvalue weighted by Gasteiger charge is 2.19. The van der Waals surface area contributed by atoms with E-state index in [4.69, 9.17) is 8.83 Å². The van der Waals surface area contributed by atoms with E-state index < -0.39 is 0 Å². The molecule has 0 aliphatic heterocycles. The first-order chi connectivity index (χ1) is 36.5. The molecule has 0 N–H and O–H groups in total. The number of anilines is 5. The summed E-state index contributed by atoms with van der Waals surface area (Å²) in [5, 5.41) is 9.12. The molecule has 0 fully saturated rings. The molecular formula is C70H52N2O2. The summed E-state index contributed by atoms with van der Waals surface area (Å²) in [5.74, 6) is 0. The molecule has 4 nitrogen and oxygen atoms in total. The highest BCUT2D eigenvalue weighted by atomic mass is 16.3. The average Bonchev–Trinajstić information content (AvgIpc) is 4.05. The fraction of sp³-hybridized carbons (Fsp3) is 0.0286. The monoisotopic (exact) mass is 952 g/mol. The van der Waals surface area contributed by atoms with E-state index in [1.54, 1.807) is 6.08 Å². The van der Waals surface area contributed by atoms with E-state index in [0.717, 1.165) is 105 Å². The number of fused-ring (bicyclic) bond motifs is 9. The van der Waals surface area contributed by atoms with Crippen LogP contribution in [0.15, 0.2) is 282 Å². The van der Waals surface area contributed by atoms with Gasteiger partial charge < -0.3 is 18.6 Å². The predicted octanol–water partition coefficient (Wildman–Crippen LogP) is 20.3. The van der Waals surface area contributed by atoms with Crippen LogP contribution in [-0.4, -0.2) is 7.05 Å². The van der Waals surface area contributed by atoms with Crippen LogP contribution in [0.1, 0.15) is 6.92 Å². The summed E-state index contributed by atoms with van der Waals surface area (Å²) in [6.45, 7) is 5.49. The molecule has 0 spiro atoms. The number of rotatable bonds is 10. The minimum Gasteiger partial charge on any atom is -0.456 e. The van der Waals surface area contributed by atoms with Gasteiger partial charge in [0.15, 0.2) is 0 Å². The van der Waals surface area contributed by atoms with Crippen molar-refractivity contribution in [3.63, 3.8) is 0 Å². The maximum absolute atomic E-state index is 6.47. The van der Waals surface area contributed by atoms with Crippen LogP contribution in [-0.2, 0) is 0 Å². The number of benzene rings is 11. The van der Waals surface area contributed by atoms with E-state index in [1.165, 1.54) is 21.9 Å². The Kier molecular flexibility index (Phi) is 12.2. The molecular weight excluding hydrogens is 901 g/mol. The minimum atomic E-state index is 0.862. The Morgan fingerprint density at radius 2 is 0.959 bits per heavy atom. The Morgan fingerprint density at radius 1 is 0.365 bits per heavy atom. The molecule has 0 radical (unpaired) electrons. The van der Waals surface area contributed by atoms with Crippen molar-refractivity contribution in [3.05, 3.63) is 274 Å². The summed E-state index contributed by atoms with van der Waals surface area (Å²) in [4.78, 5) is 4.63. The van der Waals surface area contributed by atoms with Gasteiger partial charge in [0.2, 0.25) is 0 Å². The van der Waals surface area contributed by atoms with Crippen LogP contribution >= 0.6 is 0 Å². The lowest BCUT2D eigenvalue weighted by atomic mass is 9.94. The molecule has 354 valence electrons. The number of nitrogens with zero attached hydrogens (tertiary/aromatic N) is 2. The number of para-hydroxylation sites is 2. The van der Waals surface area contributed by atoms with E-state index in [0.29, 0.717) is 0 Å². The molecule has 11 aromatic carbocycles. The Bertz CT molecular complexity index is 4250. The van der Waals surface area contributed by atoms with Gasteiger partial charge in [-0.2, -0.15) is 0 Å². The van der Waals surface area contributed by atoms with Gasteiger partial charge in [-0.15, -0.1) is 0 Å². The topological polar surface area (TPSA) is 32.8 Å². The van der Waals surface area contributed by atoms with Gasteiger partial charge in [-0.3, -0.25) is 0 Å². The Morgan fingerprint density at radius 3 is 1.77 bits per heavy atom. The zero-order valence-corrected chi connectivity index (χ0v) is 41.3. The maximum Gasteiger partial charge on any atom is 0.143 e. The van der Waals surface area contributed by atoms with Gasteiger partial charge in [0, 0.05) is 74.0 Å². The van der Waals surface area contributed by atoms with Gasteiger partial charge >= 0.3 is 0 Å². The standard InChI is InChI=1S/C63H42N2O2.C7H10/c1-64(50-17-11-16-45(37-50)41-12-3-2-4-13-41)59-35-27-46(39-58(59)48-25-32-53-47(36-48)26-33-57-55-19-8-10-21-61(55)67-63(53)57)43-22-28-49(29-23-43)65(51-30-24-42-14-5-6-15-44(42)38-51)52-31-34-56-54-18-7-9-20-60(54)66-62(56)40-52;1-3-5-7-6-4-2/h2-40H,1H3;3-7H,1H2,2H3/b;6-4-,7-5-. The maximum atomic E-state index is 6.47. The molecule has 0 saturated carbocycles. The molecule has 0 saturated heterocycles. The third-order valence-corrected chi connectivity index (χ3v) is 14.0. The lowest BCUT2D eigenvalue weighted by Crippen LogP contribution is -2.11. The zero-order valence-electron chi connectivity index (χ0n) is 41.3. The third-order valence-electron chi connectivity index (χ3n) is 14.0. The highest BCUT2D eigenvalue weighted by Crippen LogP contribution is 2.44. The smallest absolute Gasteiger partial charge is 0.143 e. The lowest BCUT2D eigenvalue weighted by molar-refractivity contribution is 0.669. The third kappa shape index (κ3) is 8.69. The first kappa shape index (κ1) is 45.5. The van der Waals surface area contributed by atoms with Crippen LogP contribution in [0, 0.1) is 0 Å². The number of allylic oxidation sites excluding steroid dienone is 5. The van der Waals surface area contributed by atoms with E-state index in [1.807, 2.05) is 55.5 Å². The number of hydrogen-bond acceptors (Lipinski definition) is 4. The molecule has 0 aliphatic carbocycles. The molecule has 0 aliphatic rings. The second-order valence-electron chi connectivity index (χ2n) is 18.5. The van der Waals surface area contributed by atoms with Crippen molar-refractivity contribution in [2.45, 2.75) is 6.92 Å². The van der Waals surface area contributed by atoms with Gasteiger partial charge in [0.05, 0.1) is 0 Å². The van der Waals surface area contributed by atoms with Gasteiger partial charge in [-0.05, 0) is 142 Å². The minimum absolute atomic E-state index is 0.862. The lowest BCUT2D eigenvalue weighted by Gasteiger charge is -2.26. The second-order valence-corrected chi connectivity index (χ2v) is 18.5. The van der Waals surface area contributed by atoms with Gasteiger partial charge in [-0.25, -0.2) is 0 Å². The molecule has 2 heterocycles. The normalized spacial score (nSPS) is 11.6.